The number of hydrogen-bond acceptors (Lipinski definition) is 2. The summed E-state index contributed by atoms with van der Waals surface area (Å²) in [6.45, 7) is 3.40. The van der Waals surface area contributed by atoms with Gasteiger partial charge >= 0.3 is 0 Å². The molecule has 3 fully saturated rings. The van der Waals surface area contributed by atoms with E-state index in [0.717, 1.165) is 51.4 Å². The fraction of sp³-hybridized carbons (Fsp3) is 0.667. The van der Waals surface area contributed by atoms with E-state index in [-0.39, 0.29) is 11.3 Å². The Morgan fingerprint density at radius 2 is 2.17 bits per heavy atom. The Morgan fingerprint density at radius 3 is 2.91 bits per heavy atom. The van der Waals surface area contributed by atoms with E-state index in [1.54, 1.807) is 6.20 Å². The van der Waals surface area contributed by atoms with Crippen LogP contribution in [0, 0.1) is 11.3 Å². The second kappa shape index (κ2) is 5.69. The monoisotopic (exact) mass is 315 g/mol. The van der Waals surface area contributed by atoms with Gasteiger partial charge in [0.05, 0.1) is 0 Å². The number of carbonyl (C=O) groups excluding carboxylic acids is 2. The molecule has 0 aromatic carbocycles. The van der Waals surface area contributed by atoms with Crippen molar-refractivity contribution in [3.05, 3.63) is 24.0 Å². The molecule has 3 heterocycles. The number of aromatic amines is 1. The SMILES string of the molecule is O=C1CC[C@@]2(CCCN(C(=O)c3ccc[nH]3)C2)CN1CC1CC1. The van der Waals surface area contributed by atoms with E-state index in [0.29, 0.717) is 18.0 Å². The fourth-order valence-corrected chi connectivity index (χ4v) is 4.23. The van der Waals surface area contributed by atoms with Crippen molar-refractivity contribution in [2.45, 2.75) is 38.5 Å². The maximum Gasteiger partial charge on any atom is 0.270 e. The molecular formula is C18H25N3O2. The van der Waals surface area contributed by atoms with Crippen molar-refractivity contribution in [3.8, 4) is 0 Å². The molecule has 1 aliphatic carbocycles. The van der Waals surface area contributed by atoms with Crippen molar-refractivity contribution < 1.29 is 9.59 Å². The minimum Gasteiger partial charge on any atom is -0.357 e. The van der Waals surface area contributed by atoms with Gasteiger partial charge in [-0.15, -0.1) is 0 Å². The average Bonchev–Trinajstić information content (AvgIpc) is 3.20. The van der Waals surface area contributed by atoms with Crippen LogP contribution in [-0.2, 0) is 4.79 Å². The molecule has 1 saturated carbocycles. The summed E-state index contributed by atoms with van der Waals surface area (Å²) in [7, 11) is 0. The zero-order chi connectivity index (χ0) is 15.9. The van der Waals surface area contributed by atoms with Gasteiger partial charge in [0.1, 0.15) is 5.69 Å². The number of carbonyl (C=O) groups is 2. The first kappa shape index (κ1) is 14.8. The lowest BCUT2D eigenvalue weighted by molar-refractivity contribution is -0.139. The lowest BCUT2D eigenvalue weighted by Crippen LogP contribution is -2.55. The number of likely N-dealkylation sites (tertiary alicyclic amines) is 2. The van der Waals surface area contributed by atoms with Crippen molar-refractivity contribution in [1.82, 2.24) is 14.8 Å². The molecule has 2 aliphatic heterocycles. The minimum absolute atomic E-state index is 0.0970. The number of nitrogens with one attached hydrogen (secondary N) is 1. The zero-order valence-electron chi connectivity index (χ0n) is 13.6. The van der Waals surface area contributed by atoms with Crippen LogP contribution in [-0.4, -0.2) is 52.8 Å². The lowest BCUT2D eigenvalue weighted by atomic mass is 9.73. The topological polar surface area (TPSA) is 56.4 Å². The van der Waals surface area contributed by atoms with E-state index in [1.807, 2.05) is 17.0 Å². The van der Waals surface area contributed by atoms with Crippen LogP contribution < -0.4 is 0 Å². The first-order chi connectivity index (χ1) is 11.2. The molecule has 0 radical (unpaired) electrons. The number of amides is 2. The minimum atomic E-state index is 0.0970. The summed E-state index contributed by atoms with van der Waals surface area (Å²) in [4.78, 5) is 32.0. The van der Waals surface area contributed by atoms with Crippen molar-refractivity contribution >= 4 is 11.8 Å². The van der Waals surface area contributed by atoms with E-state index in [2.05, 4.69) is 9.88 Å². The molecule has 5 heteroatoms. The molecule has 1 aromatic rings. The summed E-state index contributed by atoms with van der Waals surface area (Å²) >= 11 is 0. The summed E-state index contributed by atoms with van der Waals surface area (Å²) in [6, 6.07) is 3.71. The van der Waals surface area contributed by atoms with Crippen molar-refractivity contribution in [3.63, 3.8) is 0 Å². The summed E-state index contributed by atoms with van der Waals surface area (Å²) in [5, 5.41) is 0. The van der Waals surface area contributed by atoms with Crippen LogP contribution >= 0.6 is 0 Å². The Labute approximate surface area is 137 Å². The summed E-state index contributed by atoms with van der Waals surface area (Å²) in [6.07, 6.45) is 8.10. The highest BCUT2D eigenvalue weighted by molar-refractivity contribution is 5.92. The first-order valence-corrected chi connectivity index (χ1v) is 8.86. The van der Waals surface area contributed by atoms with E-state index in [1.165, 1.54) is 12.8 Å². The smallest absolute Gasteiger partial charge is 0.270 e. The quantitative estimate of drug-likeness (QED) is 0.930. The van der Waals surface area contributed by atoms with E-state index in [9.17, 15) is 9.59 Å². The van der Waals surface area contributed by atoms with Crippen LogP contribution in [0.2, 0.25) is 0 Å². The van der Waals surface area contributed by atoms with Gasteiger partial charge in [-0.25, -0.2) is 0 Å². The molecule has 1 spiro atoms. The zero-order valence-corrected chi connectivity index (χ0v) is 13.6. The summed E-state index contributed by atoms with van der Waals surface area (Å²) < 4.78 is 0. The van der Waals surface area contributed by atoms with Gasteiger partial charge in [0.25, 0.3) is 5.91 Å². The third-order valence-corrected chi connectivity index (χ3v) is 5.70. The van der Waals surface area contributed by atoms with Crippen molar-refractivity contribution in [1.29, 1.82) is 0 Å². The molecule has 4 rings (SSSR count). The summed E-state index contributed by atoms with van der Waals surface area (Å²) in [5.41, 5.74) is 0.785. The van der Waals surface area contributed by atoms with E-state index < -0.39 is 0 Å². The molecule has 5 nitrogen and oxygen atoms in total. The molecule has 0 bridgehead atoms. The Balaban J connectivity index is 1.46. The first-order valence-electron chi connectivity index (χ1n) is 8.86. The molecule has 1 N–H and O–H groups in total. The van der Waals surface area contributed by atoms with Gasteiger partial charge in [0.15, 0.2) is 0 Å². The van der Waals surface area contributed by atoms with Crippen LogP contribution in [0.5, 0.6) is 0 Å². The average molecular weight is 315 g/mol. The van der Waals surface area contributed by atoms with Gasteiger partial charge < -0.3 is 14.8 Å². The van der Waals surface area contributed by atoms with Gasteiger partial charge in [-0.1, -0.05) is 0 Å². The Bertz CT molecular complexity index is 593. The Morgan fingerprint density at radius 1 is 1.30 bits per heavy atom. The molecular weight excluding hydrogens is 290 g/mol. The molecule has 23 heavy (non-hydrogen) atoms. The number of nitrogens with zero attached hydrogens (tertiary/aromatic N) is 2. The molecule has 0 unspecified atom stereocenters. The predicted octanol–water partition coefficient (Wildman–Crippen LogP) is 2.27. The van der Waals surface area contributed by atoms with Gasteiger partial charge in [-0.2, -0.15) is 0 Å². The number of H-pyrrole nitrogens is 1. The lowest BCUT2D eigenvalue weighted by Gasteiger charge is -2.48. The predicted molar refractivity (Wildman–Crippen MR) is 86.9 cm³/mol. The second-order valence-electron chi connectivity index (χ2n) is 7.63. The van der Waals surface area contributed by atoms with Crippen LogP contribution in [0.4, 0.5) is 0 Å². The third-order valence-electron chi connectivity index (χ3n) is 5.70. The molecule has 124 valence electrons. The highest BCUT2D eigenvalue weighted by Gasteiger charge is 2.43. The Hall–Kier alpha value is -1.78. The number of rotatable bonds is 3. The van der Waals surface area contributed by atoms with Gasteiger partial charge in [-0.05, 0) is 50.2 Å². The van der Waals surface area contributed by atoms with Crippen LogP contribution in [0.1, 0.15) is 49.0 Å². The maximum absolute atomic E-state index is 12.6. The fourth-order valence-electron chi connectivity index (χ4n) is 4.23. The van der Waals surface area contributed by atoms with Gasteiger partial charge in [-0.3, -0.25) is 9.59 Å². The molecule has 1 aromatic heterocycles. The largest absolute Gasteiger partial charge is 0.357 e. The standard InChI is InChI=1S/C18H25N3O2/c22-16-6-8-18(13-21(16)11-14-4-5-14)7-2-10-20(12-18)17(23)15-3-1-9-19-15/h1,3,9,14,19H,2,4-8,10-13H2/t18-/m1/s1. The highest BCUT2D eigenvalue weighted by Crippen LogP contribution is 2.40. The van der Waals surface area contributed by atoms with Crippen LogP contribution in [0.3, 0.4) is 0 Å². The Kier molecular flexibility index (Phi) is 3.66. The van der Waals surface area contributed by atoms with Gasteiger partial charge in [0, 0.05) is 44.2 Å². The van der Waals surface area contributed by atoms with Crippen LogP contribution in [0.25, 0.3) is 0 Å². The molecule has 1 atom stereocenters. The molecule has 2 amide bonds. The van der Waals surface area contributed by atoms with Crippen LogP contribution in [0.15, 0.2) is 18.3 Å². The molecule has 3 aliphatic rings. The van der Waals surface area contributed by atoms with E-state index >= 15 is 0 Å². The summed E-state index contributed by atoms with van der Waals surface area (Å²) in [5.74, 6) is 1.14. The number of hydrogen-bond donors (Lipinski definition) is 1. The van der Waals surface area contributed by atoms with Gasteiger partial charge in [0.2, 0.25) is 5.91 Å². The second-order valence-corrected chi connectivity index (χ2v) is 7.63. The number of aromatic nitrogens is 1. The number of piperidine rings is 2. The maximum atomic E-state index is 12.6. The van der Waals surface area contributed by atoms with Crippen molar-refractivity contribution in [2.75, 3.05) is 26.2 Å². The molecule has 2 saturated heterocycles. The third kappa shape index (κ3) is 3.01. The van der Waals surface area contributed by atoms with Crippen molar-refractivity contribution in [2.24, 2.45) is 11.3 Å². The normalized spacial score (nSPS) is 28.4. The van der Waals surface area contributed by atoms with E-state index in [4.69, 9.17) is 0 Å². The highest BCUT2D eigenvalue weighted by atomic mass is 16.2.